The third kappa shape index (κ3) is 0.895. The monoisotopic (exact) mass is 298 g/mol. The summed E-state index contributed by atoms with van der Waals surface area (Å²) < 4.78 is 5.49. The number of Topliss-reactive ketones (excluding diaryl/α,β-unsaturated/α-hetero) is 1. The van der Waals surface area contributed by atoms with Crippen LogP contribution in [-0.4, -0.2) is 56.4 Å². The van der Waals surface area contributed by atoms with Crippen molar-refractivity contribution in [1.82, 2.24) is 0 Å². The first kappa shape index (κ1) is 14.1. The first-order valence-electron chi connectivity index (χ1n) is 7.52. The average molecular weight is 298 g/mol. The predicted molar refractivity (Wildman–Crippen MR) is 69.9 cm³/mol. The predicted octanol–water partition coefficient (Wildman–Crippen LogP) is -0.817. The van der Waals surface area contributed by atoms with E-state index in [2.05, 4.69) is 0 Å². The molecule has 0 amide bonds. The minimum atomic E-state index is -2.00. The van der Waals surface area contributed by atoms with Gasteiger partial charge in [0, 0.05) is 17.3 Å². The Bertz CT molecular complexity index is 564. The maximum absolute atomic E-state index is 12.8. The number of ether oxygens (including phenoxy) is 1. The Hall–Kier alpha value is -0.530. The lowest BCUT2D eigenvalue weighted by Crippen LogP contribution is -2.85. The van der Waals surface area contributed by atoms with Gasteiger partial charge in [-0.15, -0.1) is 0 Å². The van der Waals surface area contributed by atoms with E-state index in [9.17, 15) is 25.2 Å². The second-order valence-electron chi connectivity index (χ2n) is 7.90. The molecule has 1 spiro atoms. The van der Waals surface area contributed by atoms with Gasteiger partial charge in [-0.1, -0.05) is 13.8 Å². The number of rotatable bonds is 0. The number of aliphatic hydroxyl groups excluding tert-OH is 2. The summed E-state index contributed by atoms with van der Waals surface area (Å²) in [5.74, 6) is -2.50. The molecule has 6 nitrogen and oxygen atoms in total. The standard InChI is InChI=1S/C15H22O6/c1-7-4-8(16)14(19)11(2)6-21-15(20)10(18)13(7,14)5-9(17)12(11,15)3/h7-8,10,16,18-20H,4-6H2,1-3H3/t7-,8-,10-,11-,12-,13-,14+,15+/m1/s1. The molecule has 4 saturated carbocycles. The molecule has 1 saturated heterocycles. The molecule has 0 unspecified atom stereocenters. The summed E-state index contributed by atoms with van der Waals surface area (Å²) in [6.07, 6.45) is -2.20. The lowest BCUT2D eigenvalue weighted by molar-refractivity contribution is -0.376. The van der Waals surface area contributed by atoms with Gasteiger partial charge in [-0.05, 0) is 19.3 Å². The molecule has 1 heterocycles. The molecular weight excluding hydrogens is 276 g/mol. The molecule has 4 bridgehead atoms. The fraction of sp³-hybridized carbons (Fsp3) is 0.933. The minimum absolute atomic E-state index is 0.0410. The van der Waals surface area contributed by atoms with E-state index < -0.39 is 39.8 Å². The molecule has 0 radical (unpaired) electrons. The highest BCUT2D eigenvalue weighted by Crippen LogP contribution is 2.79. The van der Waals surface area contributed by atoms with Crippen LogP contribution in [0.15, 0.2) is 0 Å². The van der Waals surface area contributed by atoms with E-state index in [1.165, 1.54) is 0 Å². The highest BCUT2D eigenvalue weighted by molar-refractivity contribution is 5.91. The van der Waals surface area contributed by atoms with Crippen LogP contribution >= 0.6 is 0 Å². The van der Waals surface area contributed by atoms with Gasteiger partial charge in [-0.2, -0.15) is 0 Å². The van der Waals surface area contributed by atoms with Gasteiger partial charge in [0.1, 0.15) is 17.5 Å². The van der Waals surface area contributed by atoms with E-state index in [0.717, 1.165) is 0 Å². The zero-order valence-corrected chi connectivity index (χ0v) is 12.5. The van der Waals surface area contributed by atoms with Gasteiger partial charge in [-0.3, -0.25) is 4.79 Å². The van der Waals surface area contributed by atoms with Crippen LogP contribution in [0, 0.1) is 22.2 Å². The average Bonchev–Trinajstić information content (AvgIpc) is 2.74. The highest BCUT2D eigenvalue weighted by Gasteiger charge is 2.93. The van der Waals surface area contributed by atoms with Crippen molar-refractivity contribution >= 4 is 5.78 Å². The number of ketones is 1. The zero-order valence-electron chi connectivity index (χ0n) is 12.5. The molecule has 0 aromatic heterocycles. The van der Waals surface area contributed by atoms with Gasteiger partial charge in [0.2, 0.25) is 5.79 Å². The van der Waals surface area contributed by atoms with Crippen molar-refractivity contribution < 1.29 is 30.0 Å². The maximum Gasteiger partial charge on any atom is 0.206 e. The van der Waals surface area contributed by atoms with Crippen molar-refractivity contribution in [1.29, 1.82) is 0 Å². The van der Waals surface area contributed by atoms with Crippen molar-refractivity contribution in [3.8, 4) is 0 Å². The molecule has 5 rings (SSSR count). The van der Waals surface area contributed by atoms with Crippen molar-refractivity contribution in [2.24, 2.45) is 22.2 Å². The molecule has 4 N–H and O–H groups in total. The minimum Gasteiger partial charge on any atom is -0.390 e. The molecule has 6 heteroatoms. The molecule has 5 aliphatic rings. The number of carbonyl (C=O) groups excluding carboxylic acids is 1. The van der Waals surface area contributed by atoms with Crippen LogP contribution in [0.5, 0.6) is 0 Å². The quantitative estimate of drug-likeness (QED) is 0.466. The van der Waals surface area contributed by atoms with Gasteiger partial charge < -0.3 is 25.2 Å². The van der Waals surface area contributed by atoms with Gasteiger partial charge in [0.25, 0.3) is 0 Å². The Labute approximate surface area is 122 Å². The number of fused-ring (bicyclic) bond motifs is 1. The van der Waals surface area contributed by atoms with E-state index in [1.54, 1.807) is 20.8 Å². The lowest BCUT2D eigenvalue weighted by Gasteiger charge is -2.70. The van der Waals surface area contributed by atoms with Crippen molar-refractivity contribution in [2.45, 2.75) is 57.2 Å². The number of hydrogen-bond acceptors (Lipinski definition) is 6. The highest BCUT2D eigenvalue weighted by atomic mass is 16.7. The third-order valence-electron chi connectivity index (χ3n) is 7.76. The SMILES string of the molecule is C[C@@H]1C[C@@H](O)[C@@]2(O)[C@]13CC(=O)[C@]1(C)[C@@]2(C)CO[C@@]1(O)[C@@H]3O. The second kappa shape index (κ2) is 3.21. The summed E-state index contributed by atoms with van der Waals surface area (Å²) in [6.45, 7) is 4.97. The van der Waals surface area contributed by atoms with Crippen LogP contribution in [0.1, 0.15) is 33.6 Å². The number of carbonyl (C=O) groups is 1. The van der Waals surface area contributed by atoms with Crippen molar-refractivity contribution in [3.05, 3.63) is 0 Å². The second-order valence-corrected chi connectivity index (χ2v) is 7.90. The molecule has 118 valence electrons. The van der Waals surface area contributed by atoms with Crippen LogP contribution in [0.2, 0.25) is 0 Å². The third-order valence-corrected chi connectivity index (χ3v) is 7.76. The van der Waals surface area contributed by atoms with Crippen LogP contribution in [0.25, 0.3) is 0 Å². The smallest absolute Gasteiger partial charge is 0.206 e. The molecule has 0 aromatic rings. The van der Waals surface area contributed by atoms with E-state index in [0.29, 0.717) is 6.42 Å². The topological polar surface area (TPSA) is 107 Å². The number of aliphatic hydroxyl groups is 4. The Kier molecular flexibility index (Phi) is 2.16. The molecule has 4 aliphatic carbocycles. The van der Waals surface area contributed by atoms with E-state index in [-0.39, 0.29) is 24.7 Å². The van der Waals surface area contributed by atoms with Crippen LogP contribution in [-0.2, 0) is 9.53 Å². The molecule has 1 aliphatic heterocycles. The Morgan fingerprint density at radius 3 is 2.48 bits per heavy atom. The summed E-state index contributed by atoms with van der Waals surface area (Å²) in [5.41, 5.74) is -5.47. The Morgan fingerprint density at radius 1 is 1.24 bits per heavy atom. The van der Waals surface area contributed by atoms with E-state index >= 15 is 0 Å². The summed E-state index contributed by atoms with van der Waals surface area (Å²) >= 11 is 0. The first-order chi connectivity index (χ1) is 9.54. The summed E-state index contributed by atoms with van der Waals surface area (Å²) in [5, 5.41) is 43.8. The zero-order chi connectivity index (χ0) is 15.6. The molecule has 5 fully saturated rings. The summed E-state index contributed by atoms with van der Waals surface area (Å²) in [4.78, 5) is 12.8. The molecule has 0 aromatic carbocycles. The fourth-order valence-electron chi connectivity index (χ4n) is 6.25. The van der Waals surface area contributed by atoms with Crippen LogP contribution in [0.4, 0.5) is 0 Å². The molecule has 21 heavy (non-hydrogen) atoms. The van der Waals surface area contributed by atoms with Crippen molar-refractivity contribution in [3.63, 3.8) is 0 Å². The van der Waals surface area contributed by atoms with Gasteiger partial charge in [-0.25, -0.2) is 0 Å². The van der Waals surface area contributed by atoms with Gasteiger partial charge in [0.15, 0.2) is 0 Å². The van der Waals surface area contributed by atoms with E-state index in [1.807, 2.05) is 0 Å². The van der Waals surface area contributed by atoms with Crippen LogP contribution in [0.3, 0.4) is 0 Å². The van der Waals surface area contributed by atoms with Gasteiger partial charge in [0.05, 0.1) is 18.1 Å². The van der Waals surface area contributed by atoms with Crippen molar-refractivity contribution in [2.75, 3.05) is 6.61 Å². The molecular formula is C15H22O6. The lowest BCUT2D eigenvalue weighted by atomic mass is 9.34. The fourth-order valence-corrected chi connectivity index (χ4v) is 6.25. The summed E-state index contributed by atoms with van der Waals surface area (Å²) in [6, 6.07) is 0. The summed E-state index contributed by atoms with van der Waals surface area (Å²) in [7, 11) is 0. The first-order valence-corrected chi connectivity index (χ1v) is 7.52. The Morgan fingerprint density at radius 2 is 1.86 bits per heavy atom. The van der Waals surface area contributed by atoms with E-state index in [4.69, 9.17) is 4.74 Å². The normalized spacial score (nSPS) is 68.5. The molecule has 8 atom stereocenters. The Balaban J connectivity index is 2.12. The number of hydrogen-bond donors (Lipinski definition) is 4. The van der Waals surface area contributed by atoms with Gasteiger partial charge >= 0.3 is 0 Å². The largest absolute Gasteiger partial charge is 0.390 e. The van der Waals surface area contributed by atoms with Crippen LogP contribution < -0.4 is 0 Å². The maximum atomic E-state index is 12.8.